The molecule has 0 bridgehead atoms. The van der Waals surface area contributed by atoms with Crippen LogP contribution in [0.1, 0.15) is 28.8 Å². The molecule has 0 saturated carbocycles. The molecule has 0 unspecified atom stereocenters. The van der Waals surface area contributed by atoms with E-state index in [1.54, 1.807) is 48.9 Å². The van der Waals surface area contributed by atoms with Gasteiger partial charge in [0.15, 0.2) is 0 Å². The quantitative estimate of drug-likeness (QED) is 0.800. The molecule has 2 aromatic rings. The van der Waals surface area contributed by atoms with Crippen LogP contribution in [-0.4, -0.2) is 60.3 Å². The lowest BCUT2D eigenvalue weighted by Gasteiger charge is -2.33. The van der Waals surface area contributed by atoms with Gasteiger partial charge >= 0.3 is 5.97 Å². The Morgan fingerprint density at radius 1 is 1.25 bits per heavy atom. The number of pyridine rings is 1. The third-order valence-corrected chi connectivity index (χ3v) is 6.96. The van der Waals surface area contributed by atoms with Crippen LogP contribution in [-0.2, 0) is 16.6 Å². The minimum absolute atomic E-state index is 0.222. The van der Waals surface area contributed by atoms with Crippen LogP contribution in [0.4, 0.5) is 0 Å². The monoisotopic (exact) mass is 403 g/mol. The maximum absolute atomic E-state index is 12.4. The van der Waals surface area contributed by atoms with Crippen LogP contribution >= 0.6 is 0 Å². The number of carboxylic acids is 1. The van der Waals surface area contributed by atoms with E-state index in [9.17, 15) is 18.3 Å². The zero-order valence-corrected chi connectivity index (χ0v) is 16.9. The molecule has 0 aliphatic carbocycles. The van der Waals surface area contributed by atoms with Gasteiger partial charge in [-0.25, -0.2) is 4.79 Å². The van der Waals surface area contributed by atoms with Crippen LogP contribution < -0.4 is 0 Å². The normalized spacial score (nSPS) is 18.3. The number of benzene rings is 1. The maximum atomic E-state index is 12.4. The second-order valence-corrected chi connectivity index (χ2v) is 9.41. The molecule has 0 radical (unpaired) electrons. The zero-order valence-electron chi connectivity index (χ0n) is 16.1. The van der Waals surface area contributed by atoms with Crippen LogP contribution in [0, 0.1) is 5.92 Å². The number of nitrogens with zero attached hydrogens (tertiary/aromatic N) is 3. The first-order chi connectivity index (χ1) is 13.3. The molecule has 1 aromatic heterocycles. The summed E-state index contributed by atoms with van der Waals surface area (Å²) < 4.78 is 27.5. The summed E-state index contributed by atoms with van der Waals surface area (Å²) in [6.07, 6.45) is 4.32. The fourth-order valence-electron chi connectivity index (χ4n) is 3.56. The lowest BCUT2D eigenvalue weighted by atomic mass is 9.92. The van der Waals surface area contributed by atoms with Gasteiger partial charge < -0.3 is 5.11 Å². The van der Waals surface area contributed by atoms with E-state index in [-0.39, 0.29) is 11.5 Å². The molecule has 1 N–H and O–H groups in total. The van der Waals surface area contributed by atoms with Crippen molar-refractivity contribution in [3.05, 3.63) is 53.7 Å². The summed E-state index contributed by atoms with van der Waals surface area (Å²) in [5.41, 5.74) is 2.44. The Bertz CT molecular complexity index is 942. The highest BCUT2D eigenvalue weighted by Crippen LogP contribution is 2.25. The number of piperidine rings is 1. The smallest absolute Gasteiger partial charge is 0.336 e. The predicted molar refractivity (Wildman–Crippen MR) is 107 cm³/mol. The van der Waals surface area contributed by atoms with Gasteiger partial charge in [0.2, 0.25) is 0 Å². The van der Waals surface area contributed by atoms with E-state index < -0.39 is 16.2 Å². The summed E-state index contributed by atoms with van der Waals surface area (Å²) in [5, 5.41) is 9.34. The highest BCUT2D eigenvalue weighted by molar-refractivity contribution is 7.86. The Kier molecular flexibility index (Phi) is 6.12. The Balaban J connectivity index is 1.72. The van der Waals surface area contributed by atoms with Crippen LogP contribution in [0.25, 0.3) is 11.3 Å². The Morgan fingerprint density at radius 2 is 2.00 bits per heavy atom. The molecule has 0 spiro atoms. The summed E-state index contributed by atoms with van der Waals surface area (Å²) in [4.78, 5) is 15.8. The molecule has 0 amide bonds. The van der Waals surface area contributed by atoms with Crippen molar-refractivity contribution in [3.63, 3.8) is 0 Å². The molecule has 1 aromatic carbocycles. The average molecular weight is 404 g/mol. The molecule has 2 heterocycles. The van der Waals surface area contributed by atoms with Crippen molar-refractivity contribution in [2.45, 2.75) is 19.3 Å². The molecule has 28 heavy (non-hydrogen) atoms. The number of aromatic nitrogens is 1. The fraction of sp³-hybridized carbons (Fsp3) is 0.400. The van der Waals surface area contributed by atoms with Crippen LogP contribution in [0.5, 0.6) is 0 Å². The third-order valence-electron chi connectivity index (χ3n) is 5.05. The largest absolute Gasteiger partial charge is 0.478 e. The molecule has 150 valence electrons. The van der Waals surface area contributed by atoms with E-state index in [0.29, 0.717) is 24.3 Å². The first kappa shape index (κ1) is 20.4. The molecule has 1 fully saturated rings. The van der Waals surface area contributed by atoms with Crippen molar-refractivity contribution in [3.8, 4) is 11.3 Å². The summed E-state index contributed by atoms with van der Waals surface area (Å²) in [6, 6.07) is 10.6. The summed E-state index contributed by atoms with van der Waals surface area (Å²) in [7, 11) is -0.281. The van der Waals surface area contributed by atoms with E-state index in [1.165, 1.54) is 4.31 Å². The van der Waals surface area contributed by atoms with Gasteiger partial charge in [0, 0.05) is 38.9 Å². The van der Waals surface area contributed by atoms with E-state index in [4.69, 9.17) is 0 Å². The molecule has 1 aliphatic heterocycles. The highest BCUT2D eigenvalue weighted by atomic mass is 32.2. The van der Waals surface area contributed by atoms with Gasteiger partial charge in [-0.3, -0.25) is 4.98 Å². The lowest BCUT2D eigenvalue weighted by molar-refractivity contribution is 0.0697. The summed E-state index contributed by atoms with van der Waals surface area (Å²) in [6.45, 7) is 1.06. The fourth-order valence-corrected chi connectivity index (χ4v) is 4.79. The van der Waals surface area contributed by atoms with Crippen LogP contribution in [0.15, 0.2) is 42.6 Å². The lowest BCUT2D eigenvalue weighted by Crippen LogP contribution is -2.45. The SMILES string of the molecule is CN(C)S(=O)(=O)N1CCC[C@H](Cc2ccc(-c3ccccc3C(=O)O)nc2)C1. The van der Waals surface area contributed by atoms with Crippen molar-refractivity contribution in [2.24, 2.45) is 5.92 Å². The van der Waals surface area contributed by atoms with Gasteiger partial charge in [-0.15, -0.1) is 0 Å². The molecule has 8 heteroatoms. The van der Waals surface area contributed by atoms with Crippen LogP contribution in [0.2, 0.25) is 0 Å². The number of carbonyl (C=O) groups is 1. The first-order valence-electron chi connectivity index (χ1n) is 9.24. The number of hydrogen-bond acceptors (Lipinski definition) is 4. The minimum Gasteiger partial charge on any atom is -0.478 e. The van der Waals surface area contributed by atoms with Gasteiger partial charge in [0.05, 0.1) is 11.3 Å². The van der Waals surface area contributed by atoms with Gasteiger partial charge in [-0.2, -0.15) is 17.0 Å². The molecule has 7 nitrogen and oxygen atoms in total. The van der Waals surface area contributed by atoms with Crippen LogP contribution in [0.3, 0.4) is 0 Å². The van der Waals surface area contributed by atoms with Crippen molar-refractivity contribution in [1.82, 2.24) is 13.6 Å². The van der Waals surface area contributed by atoms with E-state index in [1.807, 2.05) is 12.1 Å². The molecule has 1 atom stereocenters. The van der Waals surface area contributed by atoms with Crippen molar-refractivity contribution >= 4 is 16.2 Å². The number of rotatable bonds is 6. The molecule has 3 rings (SSSR count). The summed E-state index contributed by atoms with van der Waals surface area (Å²) >= 11 is 0. The second-order valence-electron chi connectivity index (χ2n) is 7.26. The summed E-state index contributed by atoms with van der Waals surface area (Å²) in [5.74, 6) is -0.742. The number of hydrogen-bond donors (Lipinski definition) is 1. The molecular formula is C20H25N3O4S. The highest BCUT2D eigenvalue weighted by Gasteiger charge is 2.30. The average Bonchev–Trinajstić information content (AvgIpc) is 2.68. The van der Waals surface area contributed by atoms with E-state index >= 15 is 0 Å². The van der Waals surface area contributed by atoms with Gasteiger partial charge in [-0.1, -0.05) is 24.3 Å². The van der Waals surface area contributed by atoms with Gasteiger partial charge in [0.25, 0.3) is 10.2 Å². The van der Waals surface area contributed by atoms with Crippen molar-refractivity contribution < 1.29 is 18.3 Å². The van der Waals surface area contributed by atoms with Gasteiger partial charge in [-0.05, 0) is 42.9 Å². The molecule has 1 aliphatic rings. The Labute approximate surface area is 165 Å². The number of aromatic carboxylic acids is 1. The third kappa shape index (κ3) is 4.40. The predicted octanol–water partition coefficient (Wildman–Crippen LogP) is 2.51. The Morgan fingerprint density at radius 3 is 2.64 bits per heavy atom. The number of carboxylic acid groups (broad SMARTS) is 1. The van der Waals surface area contributed by atoms with E-state index in [2.05, 4.69) is 4.98 Å². The standard InChI is InChI=1S/C20H25N3O4S/c1-22(2)28(26,27)23-11-5-6-16(14-23)12-15-9-10-19(21-13-15)17-7-3-4-8-18(17)20(24)25/h3-4,7-10,13,16H,5-6,11-12,14H2,1-2H3,(H,24,25)/t16-/m1/s1. The van der Waals surface area contributed by atoms with Crippen molar-refractivity contribution in [1.29, 1.82) is 0 Å². The topological polar surface area (TPSA) is 90.8 Å². The van der Waals surface area contributed by atoms with Gasteiger partial charge in [0.1, 0.15) is 0 Å². The maximum Gasteiger partial charge on any atom is 0.336 e. The molecule has 1 saturated heterocycles. The zero-order chi connectivity index (χ0) is 20.3. The Hall–Kier alpha value is -2.29. The minimum atomic E-state index is -3.39. The van der Waals surface area contributed by atoms with Crippen molar-refractivity contribution in [2.75, 3.05) is 27.2 Å². The molecular weight excluding hydrogens is 378 g/mol. The van der Waals surface area contributed by atoms with E-state index in [0.717, 1.165) is 24.8 Å². The second kappa shape index (κ2) is 8.38. The first-order valence-corrected chi connectivity index (χ1v) is 10.6.